The van der Waals surface area contributed by atoms with Gasteiger partial charge in [-0.05, 0) is 12.1 Å². The lowest BCUT2D eigenvalue weighted by Crippen LogP contribution is -2.27. The van der Waals surface area contributed by atoms with Crippen molar-refractivity contribution < 1.29 is 4.79 Å². The highest BCUT2D eigenvalue weighted by molar-refractivity contribution is 6.04. The molecule has 0 bridgehead atoms. The van der Waals surface area contributed by atoms with Crippen LogP contribution in [0.4, 0.5) is 11.4 Å². The molecule has 0 aromatic heterocycles. The lowest BCUT2D eigenvalue weighted by Gasteiger charge is -2.19. The van der Waals surface area contributed by atoms with E-state index in [1.165, 1.54) is 0 Å². The van der Waals surface area contributed by atoms with Crippen molar-refractivity contribution in [3.63, 3.8) is 0 Å². The summed E-state index contributed by atoms with van der Waals surface area (Å²) in [5, 5.41) is 0. The molecule has 1 aliphatic rings. The van der Waals surface area contributed by atoms with Crippen LogP contribution in [0.1, 0.15) is 11.6 Å². The summed E-state index contributed by atoms with van der Waals surface area (Å²) in [5.74, 6) is -0.0523. The molecule has 1 unspecified atom stereocenters. The fourth-order valence-corrected chi connectivity index (χ4v) is 2.08. The fraction of sp³-hybridized carbons (Fsp3) is 0.308. The van der Waals surface area contributed by atoms with E-state index in [2.05, 4.69) is 11.5 Å². The Morgan fingerprint density at radius 1 is 1.59 bits per heavy atom. The quantitative estimate of drug-likeness (QED) is 0.797. The van der Waals surface area contributed by atoms with Crippen LogP contribution in [0.25, 0.3) is 0 Å². The Bertz CT molecular complexity index is 470. The van der Waals surface area contributed by atoms with E-state index in [0.717, 1.165) is 23.5 Å². The van der Waals surface area contributed by atoms with Crippen LogP contribution in [-0.2, 0) is 4.79 Å². The summed E-state index contributed by atoms with van der Waals surface area (Å²) in [7, 11) is 3.74. The van der Waals surface area contributed by atoms with Gasteiger partial charge in [0.2, 0.25) is 5.91 Å². The van der Waals surface area contributed by atoms with Crippen molar-refractivity contribution in [1.82, 2.24) is 0 Å². The highest BCUT2D eigenvalue weighted by Crippen LogP contribution is 2.36. The molecule has 4 heteroatoms. The summed E-state index contributed by atoms with van der Waals surface area (Å²) in [6.45, 7) is 4.48. The van der Waals surface area contributed by atoms with Gasteiger partial charge in [-0.3, -0.25) is 4.79 Å². The molecule has 0 saturated heterocycles. The molecule has 1 aromatic rings. The third kappa shape index (κ3) is 1.80. The molecule has 0 radical (unpaired) electrons. The Morgan fingerprint density at radius 2 is 2.29 bits per heavy atom. The summed E-state index contributed by atoms with van der Waals surface area (Å²) in [6, 6.07) is 5.38. The standard InChI is InChI=1S/C13H17N3O/c1-4-7-15(2)9-5-6-10-11(8-9)16(3)13(17)12(10)14/h4-6,8,12H,1,7,14H2,2-3H3. The van der Waals surface area contributed by atoms with Crippen molar-refractivity contribution in [2.75, 3.05) is 30.4 Å². The maximum atomic E-state index is 11.7. The molecule has 0 fully saturated rings. The number of amides is 1. The van der Waals surface area contributed by atoms with E-state index in [-0.39, 0.29) is 5.91 Å². The summed E-state index contributed by atoms with van der Waals surface area (Å²) < 4.78 is 0. The number of carbonyl (C=O) groups excluding carboxylic acids is 1. The molecule has 1 aliphatic heterocycles. The largest absolute Gasteiger partial charge is 0.371 e. The number of anilines is 2. The molecule has 1 heterocycles. The second-order valence-corrected chi connectivity index (χ2v) is 4.29. The molecular weight excluding hydrogens is 214 g/mol. The first-order valence-electron chi connectivity index (χ1n) is 5.55. The fourth-order valence-electron chi connectivity index (χ4n) is 2.08. The van der Waals surface area contributed by atoms with Gasteiger partial charge in [0.05, 0.1) is 5.69 Å². The molecule has 1 aromatic carbocycles. The van der Waals surface area contributed by atoms with Gasteiger partial charge in [-0.15, -0.1) is 6.58 Å². The van der Waals surface area contributed by atoms with Crippen LogP contribution in [-0.4, -0.2) is 26.5 Å². The molecular formula is C13H17N3O. The lowest BCUT2D eigenvalue weighted by atomic mass is 10.1. The van der Waals surface area contributed by atoms with Crippen LogP contribution in [0, 0.1) is 0 Å². The molecule has 0 spiro atoms. The van der Waals surface area contributed by atoms with Gasteiger partial charge in [0.15, 0.2) is 0 Å². The van der Waals surface area contributed by atoms with Gasteiger partial charge in [0.25, 0.3) is 0 Å². The van der Waals surface area contributed by atoms with Gasteiger partial charge >= 0.3 is 0 Å². The van der Waals surface area contributed by atoms with Crippen LogP contribution in [0.5, 0.6) is 0 Å². The minimum absolute atomic E-state index is 0.0523. The summed E-state index contributed by atoms with van der Waals surface area (Å²) in [5.41, 5.74) is 8.69. The van der Waals surface area contributed by atoms with E-state index in [0.29, 0.717) is 0 Å². The number of fused-ring (bicyclic) bond motifs is 1. The van der Waals surface area contributed by atoms with Crippen LogP contribution in [0.2, 0.25) is 0 Å². The van der Waals surface area contributed by atoms with Crippen LogP contribution in [0.3, 0.4) is 0 Å². The van der Waals surface area contributed by atoms with Gasteiger partial charge in [0, 0.05) is 31.9 Å². The molecule has 90 valence electrons. The predicted octanol–water partition coefficient (Wildman–Crippen LogP) is 1.28. The second kappa shape index (κ2) is 4.22. The van der Waals surface area contributed by atoms with Gasteiger partial charge in [-0.1, -0.05) is 12.1 Å². The molecule has 4 nitrogen and oxygen atoms in total. The predicted molar refractivity (Wildman–Crippen MR) is 70.2 cm³/mol. The number of carbonyl (C=O) groups is 1. The number of likely N-dealkylation sites (N-methyl/N-ethyl adjacent to an activating group) is 2. The maximum absolute atomic E-state index is 11.7. The van der Waals surface area contributed by atoms with Gasteiger partial charge in [-0.25, -0.2) is 0 Å². The Balaban J connectivity index is 2.39. The number of hydrogen-bond donors (Lipinski definition) is 1. The van der Waals surface area contributed by atoms with Crippen molar-refractivity contribution in [2.45, 2.75) is 6.04 Å². The Hall–Kier alpha value is -1.81. The molecule has 0 saturated carbocycles. The molecule has 1 amide bonds. The highest BCUT2D eigenvalue weighted by Gasteiger charge is 2.32. The average molecular weight is 231 g/mol. The normalized spacial score (nSPS) is 18.2. The zero-order chi connectivity index (χ0) is 12.6. The first-order valence-corrected chi connectivity index (χ1v) is 5.55. The Kier molecular flexibility index (Phi) is 2.90. The third-order valence-electron chi connectivity index (χ3n) is 3.15. The van der Waals surface area contributed by atoms with Crippen LogP contribution < -0.4 is 15.5 Å². The number of benzene rings is 1. The van der Waals surface area contributed by atoms with Crippen molar-refractivity contribution in [3.05, 3.63) is 36.4 Å². The lowest BCUT2D eigenvalue weighted by molar-refractivity contribution is -0.118. The summed E-state index contributed by atoms with van der Waals surface area (Å²) >= 11 is 0. The van der Waals surface area contributed by atoms with Crippen molar-refractivity contribution in [2.24, 2.45) is 5.73 Å². The number of nitrogens with zero attached hydrogens (tertiary/aromatic N) is 2. The van der Waals surface area contributed by atoms with Crippen molar-refractivity contribution in [3.8, 4) is 0 Å². The Labute approximate surface area is 101 Å². The number of rotatable bonds is 3. The Morgan fingerprint density at radius 3 is 2.94 bits per heavy atom. The maximum Gasteiger partial charge on any atom is 0.248 e. The first-order chi connectivity index (χ1) is 8.06. The van der Waals surface area contributed by atoms with E-state index in [9.17, 15) is 4.79 Å². The first kappa shape index (κ1) is 11.7. The molecule has 1 atom stereocenters. The SMILES string of the molecule is C=CCN(C)c1ccc2c(c1)N(C)C(=O)C2N. The zero-order valence-corrected chi connectivity index (χ0v) is 10.2. The van der Waals surface area contributed by atoms with Gasteiger partial charge in [-0.2, -0.15) is 0 Å². The van der Waals surface area contributed by atoms with E-state index in [1.807, 2.05) is 31.3 Å². The minimum Gasteiger partial charge on any atom is -0.371 e. The van der Waals surface area contributed by atoms with E-state index in [4.69, 9.17) is 5.73 Å². The van der Waals surface area contributed by atoms with E-state index in [1.54, 1.807) is 11.9 Å². The third-order valence-corrected chi connectivity index (χ3v) is 3.15. The number of hydrogen-bond acceptors (Lipinski definition) is 3. The van der Waals surface area contributed by atoms with Crippen molar-refractivity contribution >= 4 is 17.3 Å². The van der Waals surface area contributed by atoms with Crippen LogP contribution in [0.15, 0.2) is 30.9 Å². The topological polar surface area (TPSA) is 49.6 Å². The molecule has 17 heavy (non-hydrogen) atoms. The number of nitrogens with two attached hydrogens (primary N) is 1. The monoisotopic (exact) mass is 231 g/mol. The highest BCUT2D eigenvalue weighted by atomic mass is 16.2. The second-order valence-electron chi connectivity index (χ2n) is 4.29. The summed E-state index contributed by atoms with van der Waals surface area (Å²) in [6.07, 6.45) is 1.84. The summed E-state index contributed by atoms with van der Waals surface area (Å²) in [4.78, 5) is 15.4. The smallest absolute Gasteiger partial charge is 0.248 e. The average Bonchev–Trinajstić information content (AvgIpc) is 2.55. The van der Waals surface area contributed by atoms with Gasteiger partial charge in [0.1, 0.15) is 6.04 Å². The zero-order valence-electron chi connectivity index (χ0n) is 10.2. The van der Waals surface area contributed by atoms with E-state index < -0.39 is 6.04 Å². The van der Waals surface area contributed by atoms with Crippen molar-refractivity contribution in [1.29, 1.82) is 0 Å². The molecule has 2 rings (SSSR count). The van der Waals surface area contributed by atoms with Crippen LogP contribution >= 0.6 is 0 Å². The van der Waals surface area contributed by atoms with Gasteiger partial charge < -0.3 is 15.5 Å². The minimum atomic E-state index is -0.520. The molecule has 2 N–H and O–H groups in total. The molecule has 0 aliphatic carbocycles. The van der Waals surface area contributed by atoms with E-state index >= 15 is 0 Å².